The van der Waals surface area contributed by atoms with E-state index in [1.165, 1.54) is 11.3 Å². The van der Waals surface area contributed by atoms with Gasteiger partial charge in [0.05, 0.1) is 5.02 Å². The maximum absolute atomic E-state index is 6.16. The first-order valence-electron chi connectivity index (χ1n) is 6.29. The number of benzene rings is 1. The van der Waals surface area contributed by atoms with Gasteiger partial charge < -0.3 is 5.32 Å². The molecule has 96 valence electrons. The highest BCUT2D eigenvalue weighted by molar-refractivity contribution is 7.99. The minimum atomic E-state index is 0.561. The van der Waals surface area contributed by atoms with Crippen LogP contribution in [0.1, 0.15) is 27.2 Å². The first-order chi connectivity index (χ1) is 8.19. The van der Waals surface area contributed by atoms with E-state index in [2.05, 4.69) is 32.2 Å². The Kier molecular flexibility index (Phi) is 7.02. The van der Waals surface area contributed by atoms with Crippen LogP contribution in [0.15, 0.2) is 29.2 Å². The Morgan fingerprint density at radius 3 is 2.59 bits per heavy atom. The third-order valence-electron chi connectivity index (χ3n) is 3.05. The second-order valence-electron chi connectivity index (χ2n) is 4.29. The van der Waals surface area contributed by atoms with Crippen molar-refractivity contribution >= 4 is 23.4 Å². The Bertz CT molecular complexity index is 330. The Morgan fingerprint density at radius 1 is 1.29 bits per heavy atom. The molecule has 3 heteroatoms. The molecule has 1 rings (SSSR count). The van der Waals surface area contributed by atoms with Gasteiger partial charge in [0.1, 0.15) is 0 Å². The number of hydrogen-bond acceptors (Lipinski definition) is 2. The van der Waals surface area contributed by atoms with E-state index in [-0.39, 0.29) is 0 Å². The summed E-state index contributed by atoms with van der Waals surface area (Å²) in [6, 6.07) is 8.62. The van der Waals surface area contributed by atoms with Crippen LogP contribution in [-0.2, 0) is 0 Å². The zero-order valence-corrected chi connectivity index (χ0v) is 12.4. The Morgan fingerprint density at radius 2 is 2.00 bits per heavy atom. The highest BCUT2D eigenvalue weighted by Gasteiger charge is 2.15. The van der Waals surface area contributed by atoms with Crippen LogP contribution in [-0.4, -0.2) is 18.3 Å². The van der Waals surface area contributed by atoms with Crippen LogP contribution in [0.25, 0.3) is 0 Å². The van der Waals surface area contributed by atoms with E-state index in [9.17, 15) is 0 Å². The van der Waals surface area contributed by atoms with E-state index in [0.717, 1.165) is 17.3 Å². The lowest BCUT2D eigenvalue weighted by Crippen LogP contribution is -2.36. The fourth-order valence-electron chi connectivity index (χ4n) is 1.71. The van der Waals surface area contributed by atoms with E-state index >= 15 is 0 Å². The van der Waals surface area contributed by atoms with Gasteiger partial charge in [0.25, 0.3) is 0 Å². The van der Waals surface area contributed by atoms with Crippen LogP contribution in [0.5, 0.6) is 0 Å². The van der Waals surface area contributed by atoms with E-state index in [0.29, 0.717) is 12.0 Å². The second-order valence-corrected chi connectivity index (χ2v) is 5.76. The summed E-state index contributed by atoms with van der Waals surface area (Å²) in [5, 5.41) is 4.42. The van der Waals surface area contributed by atoms with Gasteiger partial charge in [0, 0.05) is 16.7 Å². The van der Waals surface area contributed by atoms with Crippen LogP contribution in [0, 0.1) is 5.92 Å². The molecule has 0 bridgehead atoms. The molecule has 17 heavy (non-hydrogen) atoms. The fourth-order valence-corrected chi connectivity index (χ4v) is 3.20. The first-order valence-corrected chi connectivity index (χ1v) is 7.66. The molecule has 0 radical (unpaired) electrons. The van der Waals surface area contributed by atoms with Crippen LogP contribution in [0.4, 0.5) is 0 Å². The molecule has 0 heterocycles. The van der Waals surface area contributed by atoms with E-state index < -0.39 is 0 Å². The summed E-state index contributed by atoms with van der Waals surface area (Å²) in [6.45, 7) is 7.74. The quantitative estimate of drug-likeness (QED) is 0.735. The molecule has 0 saturated carbocycles. The van der Waals surface area contributed by atoms with Gasteiger partial charge in [-0.15, -0.1) is 11.8 Å². The molecule has 0 fully saturated rings. The molecule has 0 aliphatic carbocycles. The van der Waals surface area contributed by atoms with Crippen molar-refractivity contribution < 1.29 is 0 Å². The molecule has 2 unspecified atom stereocenters. The predicted octanol–water partition coefficient (Wildman–Crippen LogP) is 4.46. The lowest BCUT2D eigenvalue weighted by molar-refractivity contribution is 0.404. The number of rotatable bonds is 7. The van der Waals surface area contributed by atoms with E-state index in [4.69, 9.17) is 11.6 Å². The van der Waals surface area contributed by atoms with Gasteiger partial charge in [-0.3, -0.25) is 0 Å². The zero-order valence-electron chi connectivity index (χ0n) is 10.9. The Labute approximate surface area is 114 Å². The summed E-state index contributed by atoms with van der Waals surface area (Å²) >= 11 is 8.00. The number of thioether (sulfide) groups is 1. The maximum Gasteiger partial charge on any atom is 0.0541 e. The minimum absolute atomic E-state index is 0.561. The highest BCUT2D eigenvalue weighted by Crippen LogP contribution is 2.28. The van der Waals surface area contributed by atoms with Crippen LogP contribution < -0.4 is 5.32 Å². The molecule has 0 aliphatic rings. The monoisotopic (exact) mass is 271 g/mol. The topological polar surface area (TPSA) is 12.0 Å². The fraction of sp³-hybridized carbons (Fsp3) is 0.571. The number of hydrogen-bond donors (Lipinski definition) is 1. The van der Waals surface area contributed by atoms with Crippen molar-refractivity contribution in [3.63, 3.8) is 0 Å². The zero-order chi connectivity index (χ0) is 12.7. The molecule has 0 spiro atoms. The van der Waals surface area contributed by atoms with Gasteiger partial charge in [-0.1, -0.05) is 50.9 Å². The first kappa shape index (κ1) is 14.9. The molecule has 2 atom stereocenters. The molecule has 0 aromatic heterocycles. The average Bonchev–Trinajstić information content (AvgIpc) is 2.35. The van der Waals surface area contributed by atoms with Crippen molar-refractivity contribution in [1.82, 2.24) is 5.32 Å². The van der Waals surface area contributed by atoms with Gasteiger partial charge in [0.15, 0.2) is 0 Å². The standard InChI is InChI=1S/C14H22ClNS/c1-4-11(3)13(16-5-2)10-17-14-9-7-6-8-12(14)15/h6-9,11,13,16H,4-5,10H2,1-3H3. The average molecular weight is 272 g/mol. The van der Waals surface area contributed by atoms with Gasteiger partial charge in [-0.05, 0) is 24.6 Å². The van der Waals surface area contributed by atoms with Gasteiger partial charge in [-0.25, -0.2) is 0 Å². The van der Waals surface area contributed by atoms with Crippen molar-refractivity contribution in [2.24, 2.45) is 5.92 Å². The Balaban J connectivity index is 2.54. The smallest absolute Gasteiger partial charge is 0.0541 e. The molecule has 1 N–H and O–H groups in total. The van der Waals surface area contributed by atoms with Crippen molar-refractivity contribution in [2.45, 2.75) is 38.1 Å². The predicted molar refractivity (Wildman–Crippen MR) is 79.1 cm³/mol. The van der Waals surface area contributed by atoms with Crippen molar-refractivity contribution in [2.75, 3.05) is 12.3 Å². The normalized spacial score (nSPS) is 14.6. The third-order valence-corrected chi connectivity index (χ3v) is 4.69. The summed E-state index contributed by atoms with van der Waals surface area (Å²) < 4.78 is 0. The van der Waals surface area contributed by atoms with Crippen LogP contribution in [0.2, 0.25) is 5.02 Å². The summed E-state index contributed by atoms with van der Waals surface area (Å²) in [6.07, 6.45) is 1.21. The molecular weight excluding hydrogens is 250 g/mol. The second kappa shape index (κ2) is 8.02. The lowest BCUT2D eigenvalue weighted by Gasteiger charge is -2.23. The minimum Gasteiger partial charge on any atom is -0.313 e. The van der Waals surface area contributed by atoms with Crippen molar-refractivity contribution in [3.05, 3.63) is 29.3 Å². The van der Waals surface area contributed by atoms with E-state index in [1.807, 2.05) is 30.0 Å². The van der Waals surface area contributed by atoms with E-state index in [1.54, 1.807) is 0 Å². The van der Waals surface area contributed by atoms with Crippen LogP contribution in [0.3, 0.4) is 0 Å². The van der Waals surface area contributed by atoms with Crippen LogP contribution >= 0.6 is 23.4 Å². The van der Waals surface area contributed by atoms with Gasteiger partial charge in [-0.2, -0.15) is 0 Å². The summed E-state index contributed by atoms with van der Waals surface area (Å²) in [4.78, 5) is 1.18. The molecule has 0 aliphatic heterocycles. The third kappa shape index (κ3) is 4.90. The van der Waals surface area contributed by atoms with Gasteiger partial charge in [0.2, 0.25) is 0 Å². The molecule has 1 aromatic carbocycles. The lowest BCUT2D eigenvalue weighted by atomic mass is 10.0. The van der Waals surface area contributed by atoms with Crippen molar-refractivity contribution in [1.29, 1.82) is 0 Å². The largest absolute Gasteiger partial charge is 0.313 e. The Hall–Kier alpha value is -0.180. The molecule has 0 saturated heterocycles. The molecule has 1 nitrogen and oxygen atoms in total. The number of nitrogens with one attached hydrogen (secondary N) is 1. The summed E-state index contributed by atoms with van der Waals surface area (Å²) in [7, 11) is 0. The number of halogens is 1. The SMILES string of the molecule is CCNC(CSc1ccccc1Cl)C(C)CC. The molecule has 0 amide bonds. The van der Waals surface area contributed by atoms with Gasteiger partial charge >= 0.3 is 0 Å². The summed E-state index contributed by atoms with van der Waals surface area (Å²) in [5.74, 6) is 1.77. The maximum atomic E-state index is 6.16. The molecule has 1 aromatic rings. The molecular formula is C14H22ClNS. The summed E-state index contributed by atoms with van der Waals surface area (Å²) in [5.41, 5.74) is 0. The highest BCUT2D eigenvalue weighted by atomic mass is 35.5. The van der Waals surface area contributed by atoms with Crippen molar-refractivity contribution in [3.8, 4) is 0 Å².